The van der Waals surface area contributed by atoms with Crippen LogP contribution >= 0.6 is 0 Å². The number of nitrogens with zero attached hydrogens (tertiary/aromatic N) is 2. The second-order valence-electron chi connectivity index (χ2n) is 5.20. The van der Waals surface area contributed by atoms with E-state index in [9.17, 15) is 14.4 Å². The molecule has 0 atom stereocenters. The first-order valence-electron chi connectivity index (χ1n) is 7.11. The highest BCUT2D eigenvalue weighted by Gasteiger charge is 2.16. The number of piperidine rings is 1. The molecule has 2 heterocycles. The van der Waals surface area contributed by atoms with Gasteiger partial charge < -0.3 is 16.0 Å². The number of H-pyrrole nitrogens is 1. The molecule has 1 aliphatic rings. The van der Waals surface area contributed by atoms with Gasteiger partial charge >= 0.3 is 5.69 Å². The number of carbonyl (C=O) groups is 1. The predicted octanol–water partition coefficient (Wildman–Crippen LogP) is -0.530. The zero-order chi connectivity index (χ0) is 15.4. The summed E-state index contributed by atoms with van der Waals surface area (Å²) >= 11 is 0. The molecule has 1 aliphatic heterocycles. The Hall–Kier alpha value is -2.25. The van der Waals surface area contributed by atoms with Crippen LogP contribution in [0.3, 0.4) is 0 Å². The van der Waals surface area contributed by atoms with Gasteiger partial charge in [0.15, 0.2) is 0 Å². The maximum absolute atomic E-state index is 12.0. The number of aromatic nitrogens is 2. The van der Waals surface area contributed by atoms with Crippen LogP contribution in [-0.2, 0) is 11.8 Å². The minimum absolute atomic E-state index is 0.0640. The number of anilines is 2. The Balaban J connectivity index is 1.95. The van der Waals surface area contributed by atoms with E-state index in [0.29, 0.717) is 13.0 Å². The Bertz CT molecular complexity index is 628. The molecule has 0 saturated carbocycles. The number of amides is 1. The summed E-state index contributed by atoms with van der Waals surface area (Å²) in [6.07, 6.45) is 3.56. The fourth-order valence-electron chi connectivity index (χ4n) is 2.40. The lowest BCUT2D eigenvalue weighted by atomic mass is 10.1. The summed E-state index contributed by atoms with van der Waals surface area (Å²) in [7, 11) is 1.47. The monoisotopic (exact) mass is 295 g/mol. The highest BCUT2D eigenvalue weighted by atomic mass is 16.2. The topological polar surface area (TPSA) is 113 Å². The van der Waals surface area contributed by atoms with Crippen LogP contribution in [0.5, 0.6) is 0 Å². The van der Waals surface area contributed by atoms with Gasteiger partial charge in [-0.15, -0.1) is 0 Å². The van der Waals surface area contributed by atoms with E-state index in [-0.39, 0.29) is 17.4 Å². The fraction of sp³-hybridized carbons (Fsp3) is 0.615. The molecule has 0 unspecified atom stereocenters. The van der Waals surface area contributed by atoms with Crippen molar-refractivity contribution in [2.45, 2.75) is 25.7 Å². The lowest BCUT2D eigenvalue weighted by Crippen LogP contribution is -2.37. The third kappa shape index (κ3) is 3.45. The van der Waals surface area contributed by atoms with Crippen LogP contribution in [0.25, 0.3) is 0 Å². The first-order chi connectivity index (χ1) is 10.0. The van der Waals surface area contributed by atoms with Gasteiger partial charge in [0.25, 0.3) is 5.56 Å². The molecule has 1 fully saturated rings. The molecule has 1 aromatic heterocycles. The quantitative estimate of drug-likeness (QED) is 0.691. The maximum Gasteiger partial charge on any atom is 0.329 e. The van der Waals surface area contributed by atoms with Crippen LogP contribution in [0.15, 0.2) is 9.59 Å². The van der Waals surface area contributed by atoms with E-state index < -0.39 is 11.2 Å². The summed E-state index contributed by atoms with van der Waals surface area (Å²) in [6.45, 7) is 1.92. The Morgan fingerprint density at radius 2 is 1.95 bits per heavy atom. The van der Waals surface area contributed by atoms with E-state index in [1.54, 1.807) is 0 Å². The van der Waals surface area contributed by atoms with Crippen LogP contribution < -0.4 is 22.3 Å². The van der Waals surface area contributed by atoms with Crippen molar-refractivity contribution in [1.29, 1.82) is 0 Å². The highest BCUT2D eigenvalue weighted by Crippen LogP contribution is 2.11. The maximum atomic E-state index is 12.0. The van der Waals surface area contributed by atoms with E-state index >= 15 is 0 Å². The normalized spacial score (nSPS) is 15.0. The van der Waals surface area contributed by atoms with E-state index in [4.69, 9.17) is 5.73 Å². The zero-order valence-electron chi connectivity index (χ0n) is 12.1. The smallest absolute Gasteiger partial charge is 0.329 e. The van der Waals surface area contributed by atoms with Gasteiger partial charge in [0.05, 0.1) is 0 Å². The number of nitrogens with two attached hydrogens (primary N) is 1. The molecule has 0 bridgehead atoms. The first-order valence-corrected chi connectivity index (χ1v) is 7.11. The number of hydrogen-bond acceptors (Lipinski definition) is 5. The molecule has 0 aliphatic carbocycles. The Morgan fingerprint density at radius 3 is 2.62 bits per heavy atom. The average molecular weight is 295 g/mol. The second kappa shape index (κ2) is 6.47. The summed E-state index contributed by atoms with van der Waals surface area (Å²) in [6, 6.07) is 0. The van der Waals surface area contributed by atoms with Gasteiger partial charge in [0.2, 0.25) is 5.91 Å². The molecule has 8 nitrogen and oxygen atoms in total. The molecule has 0 spiro atoms. The van der Waals surface area contributed by atoms with Crippen LogP contribution in [0.1, 0.15) is 25.7 Å². The van der Waals surface area contributed by atoms with Crippen molar-refractivity contribution in [2.75, 3.05) is 30.7 Å². The van der Waals surface area contributed by atoms with Gasteiger partial charge in [-0.3, -0.25) is 19.1 Å². The SMILES string of the molecule is Cn1c(N)c(NCCC(=O)N2CCCCC2)c(=O)[nH]c1=O. The number of rotatable bonds is 4. The molecular formula is C13H21N5O3. The molecule has 8 heteroatoms. The van der Waals surface area contributed by atoms with Crippen molar-refractivity contribution in [3.8, 4) is 0 Å². The molecule has 21 heavy (non-hydrogen) atoms. The Kier molecular flexibility index (Phi) is 4.66. The van der Waals surface area contributed by atoms with Crippen LogP contribution in [0.4, 0.5) is 11.5 Å². The minimum Gasteiger partial charge on any atom is -0.383 e. The van der Waals surface area contributed by atoms with Gasteiger partial charge in [0.1, 0.15) is 11.5 Å². The van der Waals surface area contributed by atoms with Crippen molar-refractivity contribution < 1.29 is 4.79 Å². The number of nitrogens with one attached hydrogen (secondary N) is 2. The van der Waals surface area contributed by atoms with Gasteiger partial charge in [-0.1, -0.05) is 0 Å². The third-order valence-corrected chi connectivity index (χ3v) is 3.72. The highest BCUT2D eigenvalue weighted by molar-refractivity contribution is 5.77. The predicted molar refractivity (Wildman–Crippen MR) is 80.3 cm³/mol. The Morgan fingerprint density at radius 1 is 1.29 bits per heavy atom. The molecule has 1 amide bonds. The average Bonchev–Trinajstić information content (AvgIpc) is 2.49. The lowest BCUT2D eigenvalue weighted by molar-refractivity contribution is -0.131. The van der Waals surface area contributed by atoms with Crippen LogP contribution in [-0.4, -0.2) is 40.0 Å². The standard InChI is InChI=1S/C13H21N5O3/c1-17-11(14)10(12(20)16-13(17)21)15-6-5-9(19)18-7-3-2-4-8-18/h15H,2-8,14H2,1H3,(H,16,20,21). The summed E-state index contributed by atoms with van der Waals surface area (Å²) in [5.41, 5.74) is 4.73. The van der Waals surface area contributed by atoms with Gasteiger partial charge in [-0.25, -0.2) is 4.79 Å². The van der Waals surface area contributed by atoms with Gasteiger partial charge in [-0.05, 0) is 19.3 Å². The minimum atomic E-state index is -0.568. The lowest BCUT2D eigenvalue weighted by Gasteiger charge is -2.26. The molecule has 2 rings (SSSR count). The van der Waals surface area contributed by atoms with Crippen molar-refractivity contribution in [3.05, 3.63) is 20.8 Å². The van der Waals surface area contributed by atoms with Crippen LogP contribution in [0.2, 0.25) is 0 Å². The van der Waals surface area contributed by atoms with E-state index in [2.05, 4.69) is 10.3 Å². The summed E-state index contributed by atoms with van der Waals surface area (Å²) in [5.74, 6) is 0.135. The molecule has 4 N–H and O–H groups in total. The number of carbonyl (C=O) groups excluding carboxylic acids is 1. The molecule has 116 valence electrons. The zero-order valence-corrected chi connectivity index (χ0v) is 12.1. The largest absolute Gasteiger partial charge is 0.383 e. The van der Waals surface area contributed by atoms with Crippen molar-refractivity contribution in [2.24, 2.45) is 7.05 Å². The molecule has 1 saturated heterocycles. The number of aromatic amines is 1. The van der Waals surface area contributed by atoms with Crippen LogP contribution in [0, 0.1) is 0 Å². The van der Waals surface area contributed by atoms with Crippen molar-refractivity contribution >= 4 is 17.4 Å². The summed E-state index contributed by atoms with van der Waals surface area (Å²) < 4.78 is 1.15. The molecule has 0 radical (unpaired) electrons. The number of hydrogen-bond donors (Lipinski definition) is 3. The Labute approximate surface area is 121 Å². The van der Waals surface area contributed by atoms with Crippen molar-refractivity contribution in [3.63, 3.8) is 0 Å². The summed E-state index contributed by atoms with van der Waals surface area (Å²) in [4.78, 5) is 39.0. The first kappa shape index (κ1) is 15.1. The van der Waals surface area contributed by atoms with E-state index in [1.807, 2.05) is 4.90 Å². The van der Waals surface area contributed by atoms with Crippen molar-refractivity contribution in [1.82, 2.24) is 14.5 Å². The van der Waals surface area contributed by atoms with E-state index in [0.717, 1.165) is 30.5 Å². The number of likely N-dealkylation sites (tertiary alicyclic amines) is 1. The molecule has 1 aromatic rings. The third-order valence-electron chi connectivity index (χ3n) is 3.72. The van der Waals surface area contributed by atoms with Gasteiger partial charge in [-0.2, -0.15) is 0 Å². The number of nitrogen functional groups attached to an aromatic ring is 1. The molecular weight excluding hydrogens is 274 g/mol. The van der Waals surface area contributed by atoms with E-state index in [1.165, 1.54) is 13.5 Å². The fourth-order valence-corrected chi connectivity index (χ4v) is 2.40. The summed E-state index contributed by atoms with van der Waals surface area (Å²) in [5, 5.41) is 2.84. The molecule has 0 aromatic carbocycles. The second-order valence-corrected chi connectivity index (χ2v) is 5.20. The van der Waals surface area contributed by atoms with Gasteiger partial charge in [0, 0.05) is 33.1 Å².